The van der Waals surface area contributed by atoms with Gasteiger partial charge in [0.15, 0.2) is 5.82 Å². The van der Waals surface area contributed by atoms with Crippen LogP contribution >= 0.6 is 11.6 Å². The minimum Gasteiger partial charge on any atom is -0.339 e. The Morgan fingerprint density at radius 3 is 2.79 bits per heavy atom. The molecule has 0 spiro atoms. The van der Waals surface area contributed by atoms with Gasteiger partial charge < -0.3 is 9.42 Å². The van der Waals surface area contributed by atoms with Gasteiger partial charge in [-0.25, -0.2) is 0 Å². The zero-order valence-electron chi connectivity index (χ0n) is 12.6. The molecule has 0 aliphatic carbocycles. The lowest BCUT2D eigenvalue weighted by molar-refractivity contribution is -0.137. The maximum absolute atomic E-state index is 12.8. The average molecular weight is 360 g/mol. The minimum atomic E-state index is -4.53. The molecule has 1 aromatic carbocycles. The molecule has 0 bridgehead atoms. The molecule has 1 saturated heterocycles. The molecule has 1 aromatic heterocycles. The van der Waals surface area contributed by atoms with Gasteiger partial charge in [-0.15, -0.1) is 0 Å². The first-order valence-electron chi connectivity index (χ1n) is 7.22. The highest BCUT2D eigenvalue weighted by Crippen LogP contribution is 2.33. The first kappa shape index (κ1) is 16.8. The van der Waals surface area contributed by atoms with E-state index in [2.05, 4.69) is 10.1 Å². The van der Waals surface area contributed by atoms with Crippen LogP contribution in [-0.2, 0) is 6.18 Å². The number of aromatic nitrogens is 2. The molecular weight excluding hydrogens is 347 g/mol. The lowest BCUT2D eigenvalue weighted by Gasteiger charge is -2.18. The summed E-state index contributed by atoms with van der Waals surface area (Å²) in [5, 5.41) is 3.70. The van der Waals surface area contributed by atoms with Gasteiger partial charge in [0.25, 0.3) is 5.91 Å². The van der Waals surface area contributed by atoms with Crippen LogP contribution in [0.4, 0.5) is 13.2 Å². The summed E-state index contributed by atoms with van der Waals surface area (Å²) in [6.45, 7) is 2.37. The van der Waals surface area contributed by atoms with Crippen molar-refractivity contribution in [3.8, 4) is 0 Å². The first-order chi connectivity index (χ1) is 11.3. The van der Waals surface area contributed by atoms with Crippen LogP contribution in [-0.4, -0.2) is 34.0 Å². The monoisotopic (exact) mass is 359 g/mol. The molecule has 0 N–H and O–H groups in total. The fourth-order valence-electron chi connectivity index (χ4n) is 2.66. The highest BCUT2D eigenvalue weighted by Gasteiger charge is 2.35. The summed E-state index contributed by atoms with van der Waals surface area (Å²) in [5.74, 6) is 0.262. The third-order valence-electron chi connectivity index (χ3n) is 3.89. The second kappa shape index (κ2) is 6.08. The predicted octanol–water partition coefficient (Wildman–Crippen LogP) is 3.68. The van der Waals surface area contributed by atoms with Crippen LogP contribution in [0, 0.1) is 6.92 Å². The third-order valence-corrected chi connectivity index (χ3v) is 4.22. The van der Waals surface area contributed by atoms with Crippen molar-refractivity contribution in [3.63, 3.8) is 0 Å². The number of halogens is 4. The van der Waals surface area contributed by atoms with Crippen LogP contribution < -0.4 is 0 Å². The van der Waals surface area contributed by atoms with E-state index in [9.17, 15) is 18.0 Å². The van der Waals surface area contributed by atoms with Gasteiger partial charge in [0, 0.05) is 13.1 Å². The predicted molar refractivity (Wildman–Crippen MR) is 78.8 cm³/mol. The summed E-state index contributed by atoms with van der Waals surface area (Å²) < 4.78 is 43.6. The Bertz CT molecular complexity index is 776. The van der Waals surface area contributed by atoms with E-state index < -0.39 is 17.6 Å². The van der Waals surface area contributed by atoms with E-state index in [-0.39, 0.29) is 16.5 Å². The number of hydrogen-bond donors (Lipinski definition) is 0. The van der Waals surface area contributed by atoms with Gasteiger partial charge in [0.2, 0.25) is 5.89 Å². The van der Waals surface area contributed by atoms with Crippen molar-refractivity contribution < 1.29 is 22.5 Å². The van der Waals surface area contributed by atoms with Crippen LogP contribution in [0.25, 0.3) is 0 Å². The Hall–Kier alpha value is -2.09. The zero-order chi connectivity index (χ0) is 17.5. The van der Waals surface area contributed by atoms with Crippen molar-refractivity contribution in [2.75, 3.05) is 13.1 Å². The summed E-state index contributed by atoms with van der Waals surface area (Å²) in [5.41, 5.74) is -1.06. The molecule has 2 aromatic rings. The largest absolute Gasteiger partial charge is 0.416 e. The van der Waals surface area contributed by atoms with Crippen molar-refractivity contribution in [2.45, 2.75) is 25.4 Å². The highest BCUT2D eigenvalue weighted by molar-refractivity contribution is 6.33. The van der Waals surface area contributed by atoms with Gasteiger partial charge in [-0.05, 0) is 31.5 Å². The topological polar surface area (TPSA) is 59.2 Å². The van der Waals surface area contributed by atoms with Crippen LogP contribution in [0.5, 0.6) is 0 Å². The number of benzene rings is 1. The number of nitrogens with zero attached hydrogens (tertiary/aromatic N) is 3. The van der Waals surface area contributed by atoms with Crippen molar-refractivity contribution in [1.82, 2.24) is 15.0 Å². The molecule has 2 heterocycles. The van der Waals surface area contributed by atoms with E-state index in [1.807, 2.05) is 0 Å². The van der Waals surface area contributed by atoms with Crippen LogP contribution in [0.15, 0.2) is 22.7 Å². The molecule has 0 radical (unpaired) electrons. The lowest BCUT2D eigenvalue weighted by Crippen LogP contribution is -2.29. The van der Waals surface area contributed by atoms with E-state index in [1.54, 1.807) is 6.92 Å². The maximum atomic E-state index is 12.8. The SMILES string of the molecule is Cc1noc([C@H]2CCN(C(=O)c3cc(C(F)(F)F)ccc3Cl)C2)n1. The Morgan fingerprint density at radius 1 is 1.42 bits per heavy atom. The molecule has 0 saturated carbocycles. The van der Waals surface area contributed by atoms with E-state index >= 15 is 0 Å². The number of carbonyl (C=O) groups is 1. The molecule has 5 nitrogen and oxygen atoms in total. The smallest absolute Gasteiger partial charge is 0.339 e. The molecule has 1 amide bonds. The van der Waals surface area contributed by atoms with Crippen molar-refractivity contribution in [2.24, 2.45) is 0 Å². The minimum absolute atomic E-state index is 0.00918. The normalized spacial score (nSPS) is 18.2. The van der Waals surface area contributed by atoms with Gasteiger partial charge in [-0.2, -0.15) is 18.2 Å². The maximum Gasteiger partial charge on any atom is 0.416 e. The number of amides is 1. The second-order valence-corrected chi connectivity index (χ2v) is 6.02. The summed E-state index contributed by atoms with van der Waals surface area (Å²) in [7, 11) is 0. The summed E-state index contributed by atoms with van der Waals surface area (Å²) in [6.07, 6.45) is -3.93. The number of hydrogen-bond acceptors (Lipinski definition) is 4. The summed E-state index contributed by atoms with van der Waals surface area (Å²) in [4.78, 5) is 18.1. The van der Waals surface area contributed by atoms with E-state index in [0.717, 1.165) is 18.2 Å². The number of rotatable bonds is 2. The van der Waals surface area contributed by atoms with Crippen LogP contribution in [0.1, 0.15) is 40.0 Å². The second-order valence-electron chi connectivity index (χ2n) is 5.61. The fraction of sp³-hybridized carbons (Fsp3) is 0.400. The number of alkyl halides is 3. The Labute approximate surface area is 140 Å². The van der Waals surface area contributed by atoms with Crippen LogP contribution in [0.2, 0.25) is 5.02 Å². The lowest BCUT2D eigenvalue weighted by atomic mass is 10.1. The van der Waals surface area contributed by atoms with Crippen molar-refractivity contribution in [3.05, 3.63) is 46.1 Å². The number of carbonyl (C=O) groups excluding carboxylic acids is 1. The zero-order valence-corrected chi connectivity index (χ0v) is 13.4. The van der Waals surface area contributed by atoms with Gasteiger partial charge in [0.05, 0.1) is 22.1 Å². The van der Waals surface area contributed by atoms with E-state index in [1.165, 1.54) is 4.90 Å². The molecule has 1 aliphatic heterocycles. The van der Waals surface area contributed by atoms with E-state index in [0.29, 0.717) is 31.2 Å². The molecule has 1 atom stereocenters. The molecule has 9 heteroatoms. The molecule has 128 valence electrons. The molecule has 24 heavy (non-hydrogen) atoms. The van der Waals surface area contributed by atoms with Crippen molar-refractivity contribution in [1.29, 1.82) is 0 Å². The average Bonchev–Trinajstić information content (AvgIpc) is 3.14. The number of aryl methyl sites for hydroxylation is 1. The third kappa shape index (κ3) is 3.24. The first-order valence-corrected chi connectivity index (χ1v) is 7.59. The van der Waals surface area contributed by atoms with Gasteiger partial charge in [0.1, 0.15) is 0 Å². The standard InChI is InChI=1S/C15H13ClF3N3O2/c1-8-20-13(24-21-8)9-4-5-22(7-9)14(23)11-6-10(15(17,18)19)2-3-12(11)16/h2-3,6,9H,4-5,7H2,1H3/t9-/m0/s1. The summed E-state index contributed by atoms with van der Waals surface area (Å²) >= 11 is 5.92. The van der Waals surface area contributed by atoms with Gasteiger partial charge >= 0.3 is 6.18 Å². The highest BCUT2D eigenvalue weighted by atomic mass is 35.5. The molecule has 1 fully saturated rings. The Morgan fingerprint density at radius 2 is 2.17 bits per heavy atom. The molecule has 0 unspecified atom stereocenters. The Balaban J connectivity index is 1.80. The molecule has 1 aliphatic rings. The quantitative estimate of drug-likeness (QED) is 0.820. The number of likely N-dealkylation sites (tertiary alicyclic amines) is 1. The molecular formula is C15H13ClF3N3O2. The van der Waals surface area contributed by atoms with Crippen LogP contribution in [0.3, 0.4) is 0 Å². The fourth-order valence-corrected chi connectivity index (χ4v) is 2.86. The Kier molecular flexibility index (Phi) is 4.25. The van der Waals surface area contributed by atoms with Gasteiger partial charge in [-0.3, -0.25) is 4.79 Å². The summed E-state index contributed by atoms with van der Waals surface area (Å²) in [6, 6.07) is 2.73. The van der Waals surface area contributed by atoms with Crippen molar-refractivity contribution >= 4 is 17.5 Å². The molecule has 3 rings (SSSR count). The van der Waals surface area contributed by atoms with Gasteiger partial charge in [-0.1, -0.05) is 16.8 Å². The van der Waals surface area contributed by atoms with E-state index in [4.69, 9.17) is 16.1 Å².